The Morgan fingerprint density at radius 2 is 2.08 bits per heavy atom. The van der Waals surface area contributed by atoms with E-state index in [4.69, 9.17) is 0 Å². The number of piperidine rings is 1. The fraction of sp³-hybridized carbons (Fsp3) is 0.667. The SMILES string of the molecule is CN=C(NCc1ccnc(N2CCCC2)c1)N1CCCC(C)C1.I. The van der Waals surface area contributed by atoms with Gasteiger partial charge in [-0.3, -0.25) is 4.99 Å². The first-order chi connectivity index (χ1) is 11.3. The molecule has 134 valence electrons. The molecule has 0 aromatic carbocycles. The fourth-order valence-corrected chi connectivity index (χ4v) is 3.58. The van der Waals surface area contributed by atoms with Crippen LogP contribution in [0.5, 0.6) is 0 Å². The number of guanidine groups is 1. The lowest BCUT2D eigenvalue weighted by atomic mass is 10.0. The summed E-state index contributed by atoms with van der Waals surface area (Å²) in [7, 11) is 1.88. The average Bonchev–Trinajstić information content (AvgIpc) is 3.10. The zero-order valence-electron chi connectivity index (χ0n) is 14.9. The van der Waals surface area contributed by atoms with Crippen LogP contribution in [0.25, 0.3) is 0 Å². The number of aromatic nitrogens is 1. The van der Waals surface area contributed by atoms with Crippen LogP contribution in [-0.4, -0.2) is 49.1 Å². The molecule has 1 aromatic rings. The predicted octanol–water partition coefficient (Wildman–Crippen LogP) is 3.11. The van der Waals surface area contributed by atoms with E-state index < -0.39 is 0 Å². The van der Waals surface area contributed by atoms with Crippen molar-refractivity contribution in [1.82, 2.24) is 15.2 Å². The molecule has 5 nitrogen and oxygen atoms in total. The number of likely N-dealkylation sites (tertiary alicyclic amines) is 1. The highest BCUT2D eigenvalue weighted by atomic mass is 127. The number of anilines is 1. The molecular weight excluding hydrogens is 413 g/mol. The Morgan fingerprint density at radius 1 is 1.29 bits per heavy atom. The molecule has 0 bridgehead atoms. The molecule has 2 fully saturated rings. The van der Waals surface area contributed by atoms with Crippen LogP contribution in [0.2, 0.25) is 0 Å². The van der Waals surface area contributed by atoms with E-state index in [1.807, 2.05) is 13.2 Å². The summed E-state index contributed by atoms with van der Waals surface area (Å²) in [6.45, 7) is 7.62. The molecule has 1 N–H and O–H groups in total. The largest absolute Gasteiger partial charge is 0.357 e. The summed E-state index contributed by atoms with van der Waals surface area (Å²) >= 11 is 0. The summed E-state index contributed by atoms with van der Waals surface area (Å²) in [6.07, 6.45) is 7.08. The Labute approximate surface area is 162 Å². The maximum absolute atomic E-state index is 4.53. The van der Waals surface area contributed by atoms with Gasteiger partial charge < -0.3 is 15.1 Å². The second kappa shape index (κ2) is 9.44. The van der Waals surface area contributed by atoms with Crippen LogP contribution in [0.15, 0.2) is 23.3 Å². The summed E-state index contributed by atoms with van der Waals surface area (Å²) < 4.78 is 0. The summed E-state index contributed by atoms with van der Waals surface area (Å²) in [5.74, 6) is 2.89. The van der Waals surface area contributed by atoms with E-state index in [0.717, 1.165) is 50.4 Å². The third-order valence-electron chi connectivity index (χ3n) is 4.86. The van der Waals surface area contributed by atoms with Gasteiger partial charge in [0.15, 0.2) is 5.96 Å². The van der Waals surface area contributed by atoms with Crippen molar-refractivity contribution >= 4 is 35.8 Å². The van der Waals surface area contributed by atoms with Crippen molar-refractivity contribution in [3.8, 4) is 0 Å². The second-order valence-electron chi connectivity index (χ2n) is 6.81. The molecule has 0 radical (unpaired) electrons. The number of pyridine rings is 1. The highest BCUT2D eigenvalue weighted by Crippen LogP contribution is 2.19. The van der Waals surface area contributed by atoms with Gasteiger partial charge in [0, 0.05) is 46.0 Å². The van der Waals surface area contributed by atoms with Gasteiger partial charge in [0.05, 0.1) is 0 Å². The van der Waals surface area contributed by atoms with Crippen molar-refractivity contribution < 1.29 is 0 Å². The fourth-order valence-electron chi connectivity index (χ4n) is 3.58. The third kappa shape index (κ3) is 4.97. The molecule has 3 heterocycles. The molecule has 0 spiro atoms. The van der Waals surface area contributed by atoms with Crippen LogP contribution in [0, 0.1) is 5.92 Å². The minimum atomic E-state index is 0. The normalized spacial score (nSPS) is 21.6. The number of hydrogen-bond acceptors (Lipinski definition) is 3. The Balaban J connectivity index is 0.00000208. The smallest absolute Gasteiger partial charge is 0.193 e. The zero-order valence-corrected chi connectivity index (χ0v) is 17.2. The Bertz CT molecular complexity index is 542. The lowest BCUT2D eigenvalue weighted by Crippen LogP contribution is -2.45. The summed E-state index contributed by atoms with van der Waals surface area (Å²) in [6, 6.07) is 4.31. The molecule has 6 heteroatoms. The van der Waals surface area contributed by atoms with E-state index in [9.17, 15) is 0 Å². The van der Waals surface area contributed by atoms with Crippen molar-refractivity contribution in [2.24, 2.45) is 10.9 Å². The van der Waals surface area contributed by atoms with Gasteiger partial charge in [-0.25, -0.2) is 4.98 Å². The Hall–Kier alpha value is -1.05. The standard InChI is InChI=1S/C18H29N5.HI/c1-15-6-5-11-23(14-15)18(19-2)21-13-16-7-8-20-17(12-16)22-9-3-4-10-22;/h7-8,12,15H,3-6,9-11,13-14H2,1-2H3,(H,19,21);1H. The second-order valence-corrected chi connectivity index (χ2v) is 6.81. The molecule has 3 rings (SSSR count). The number of nitrogens with zero attached hydrogens (tertiary/aromatic N) is 4. The van der Waals surface area contributed by atoms with Gasteiger partial charge in [0.25, 0.3) is 0 Å². The molecule has 1 atom stereocenters. The maximum atomic E-state index is 4.53. The van der Waals surface area contributed by atoms with E-state index >= 15 is 0 Å². The van der Waals surface area contributed by atoms with Crippen LogP contribution < -0.4 is 10.2 Å². The number of hydrogen-bond donors (Lipinski definition) is 1. The zero-order chi connectivity index (χ0) is 16.1. The van der Waals surface area contributed by atoms with Crippen molar-refractivity contribution in [1.29, 1.82) is 0 Å². The lowest BCUT2D eigenvalue weighted by Gasteiger charge is -2.33. The van der Waals surface area contributed by atoms with Crippen molar-refractivity contribution in [2.45, 2.75) is 39.2 Å². The van der Waals surface area contributed by atoms with Gasteiger partial charge in [-0.2, -0.15) is 0 Å². The summed E-state index contributed by atoms with van der Waals surface area (Å²) in [5, 5.41) is 3.52. The average molecular weight is 443 g/mol. The van der Waals surface area contributed by atoms with Crippen LogP contribution in [0.4, 0.5) is 5.82 Å². The van der Waals surface area contributed by atoms with E-state index in [2.05, 4.69) is 44.1 Å². The molecule has 2 aliphatic rings. The molecule has 1 unspecified atom stereocenters. The summed E-state index contributed by atoms with van der Waals surface area (Å²) in [4.78, 5) is 13.8. The first-order valence-corrected chi connectivity index (χ1v) is 8.92. The molecule has 0 amide bonds. The Morgan fingerprint density at radius 3 is 2.79 bits per heavy atom. The quantitative estimate of drug-likeness (QED) is 0.443. The number of halogens is 1. The van der Waals surface area contributed by atoms with Crippen molar-refractivity contribution in [2.75, 3.05) is 38.1 Å². The molecule has 0 saturated carbocycles. The van der Waals surface area contributed by atoms with Gasteiger partial charge in [-0.05, 0) is 49.3 Å². The van der Waals surface area contributed by atoms with Crippen LogP contribution in [0.3, 0.4) is 0 Å². The minimum absolute atomic E-state index is 0. The minimum Gasteiger partial charge on any atom is -0.357 e. The van der Waals surface area contributed by atoms with E-state index in [-0.39, 0.29) is 24.0 Å². The van der Waals surface area contributed by atoms with E-state index in [1.54, 1.807) is 0 Å². The highest BCUT2D eigenvalue weighted by Gasteiger charge is 2.19. The van der Waals surface area contributed by atoms with Crippen LogP contribution in [-0.2, 0) is 6.54 Å². The summed E-state index contributed by atoms with van der Waals surface area (Å²) in [5.41, 5.74) is 1.27. The first-order valence-electron chi connectivity index (χ1n) is 8.92. The van der Waals surface area contributed by atoms with Gasteiger partial charge >= 0.3 is 0 Å². The van der Waals surface area contributed by atoms with Gasteiger partial charge in [0.1, 0.15) is 5.82 Å². The third-order valence-corrected chi connectivity index (χ3v) is 4.86. The van der Waals surface area contributed by atoms with Gasteiger partial charge in [0.2, 0.25) is 0 Å². The van der Waals surface area contributed by atoms with Crippen molar-refractivity contribution in [3.63, 3.8) is 0 Å². The molecular formula is C18H30IN5. The monoisotopic (exact) mass is 443 g/mol. The van der Waals surface area contributed by atoms with E-state index in [1.165, 1.54) is 31.2 Å². The topological polar surface area (TPSA) is 43.8 Å². The lowest BCUT2D eigenvalue weighted by molar-refractivity contribution is 0.266. The molecule has 2 saturated heterocycles. The molecule has 2 aliphatic heterocycles. The maximum Gasteiger partial charge on any atom is 0.193 e. The van der Waals surface area contributed by atoms with Crippen LogP contribution >= 0.6 is 24.0 Å². The molecule has 24 heavy (non-hydrogen) atoms. The first kappa shape index (κ1) is 19.3. The van der Waals surface area contributed by atoms with Crippen LogP contribution in [0.1, 0.15) is 38.2 Å². The Kier molecular flexibility index (Phi) is 7.58. The van der Waals surface area contributed by atoms with Gasteiger partial charge in [-0.15, -0.1) is 24.0 Å². The molecule has 0 aliphatic carbocycles. The number of aliphatic imine (C=N–C) groups is 1. The van der Waals surface area contributed by atoms with E-state index in [0.29, 0.717) is 0 Å². The number of rotatable bonds is 3. The number of nitrogens with one attached hydrogen (secondary N) is 1. The predicted molar refractivity (Wildman–Crippen MR) is 111 cm³/mol. The van der Waals surface area contributed by atoms with Crippen molar-refractivity contribution in [3.05, 3.63) is 23.9 Å². The highest BCUT2D eigenvalue weighted by molar-refractivity contribution is 14.0. The molecule has 1 aromatic heterocycles. The van der Waals surface area contributed by atoms with Gasteiger partial charge in [-0.1, -0.05) is 6.92 Å².